The van der Waals surface area contributed by atoms with Crippen molar-refractivity contribution in [2.75, 3.05) is 6.54 Å². The van der Waals surface area contributed by atoms with Gasteiger partial charge in [-0.15, -0.1) is 0 Å². The first-order valence-electron chi connectivity index (χ1n) is 6.17. The maximum Gasteiger partial charge on any atom is 0.391 e. The second kappa shape index (κ2) is 5.26. The van der Waals surface area contributed by atoms with Gasteiger partial charge in [-0.3, -0.25) is 4.68 Å². The summed E-state index contributed by atoms with van der Waals surface area (Å²) in [6, 6.07) is -0.167. The summed E-state index contributed by atoms with van der Waals surface area (Å²) >= 11 is 0. The lowest BCUT2D eigenvalue weighted by atomic mass is 9.90. The molecule has 0 saturated carbocycles. The standard InChI is InChI=1S/C11H17F3N4/c1-2-18-10(16-7-17-18)6-9-5-8(3-4-15-9)11(12,13)14/h7-9,15H,2-6H2,1H3. The zero-order valence-corrected chi connectivity index (χ0v) is 10.2. The van der Waals surface area contributed by atoms with E-state index in [-0.39, 0.29) is 18.9 Å². The first kappa shape index (κ1) is 13.3. The van der Waals surface area contributed by atoms with E-state index in [1.807, 2.05) is 6.92 Å². The largest absolute Gasteiger partial charge is 0.391 e. The van der Waals surface area contributed by atoms with E-state index in [1.165, 1.54) is 6.33 Å². The molecule has 0 bridgehead atoms. The molecular weight excluding hydrogens is 245 g/mol. The average Bonchev–Trinajstić information content (AvgIpc) is 2.75. The maximum absolute atomic E-state index is 12.7. The van der Waals surface area contributed by atoms with E-state index in [9.17, 15) is 13.2 Å². The number of nitrogens with one attached hydrogen (secondary N) is 1. The van der Waals surface area contributed by atoms with Crippen molar-refractivity contribution in [1.82, 2.24) is 20.1 Å². The topological polar surface area (TPSA) is 42.7 Å². The summed E-state index contributed by atoms with van der Waals surface area (Å²) in [5.74, 6) is -0.445. The van der Waals surface area contributed by atoms with Crippen molar-refractivity contribution in [3.05, 3.63) is 12.2 Å². The molecule has 2 rings (SSSR count). The van der Waals surface area contributed by atoms with Crippen LogP contribution in [-0.2, 0) is 13.0 Å². The van der Waals surface area contributed by atoms with Crippen LogP contribution in [0.1, 0.15) is 25.6 Å². The third-order valence-corrected chi connectivity index (χ3v) is 3.38. The van der Waals surface area contributed by atoms with E-state index < -0.39 is 12.1 Å². The molecule has 1 fully saturated rings. The zero-order chi connectivity index (χ0) is 13.2. The molecule has 1 aliphatic heterocycles. The SMILES string of the molecule is CCn1ncnc1CC1CC(C(F)(F)F)CCN1. The molecule has 1 aromatic heterocycles. The van der Waals surface area contributed by atoms with Gasteiger partial charge in [-0.25, -0.2) is 4.98 Å². The fourth-order valence-electron chi connectivity index (χ4n) is 2.39. The monoisotopic (exact) mass is 262 g/mol. The molecule has 2 unspecified atom stereocenters. The molecule has 7 heteroatoms. The van der Waals surface area contributed by atoms with Gasteiger partial charge in [0, 0.05) is 19.0 Å². The molecule has 0 radical (unpaired) electrons. The number of hydrogen-bond acceptors (Lipinski definition) is 3. The molecule has 102 valence electrons. The second-order valence-corrected chi connectivity index (χ2v) is 4.61. The highest BCUT2D eigenvalue weighted by molar-refractivity contribution is 4.93. The predicted octanol–water partition coefficient (Wildman–Crippen LogP) is 1.77. The number of halogens is 3. The van der Waals surface area contributed by atoms with E-state index in [2.05, 4.69) is 15.4 Å². The van der Waals surface area contributed by atoms with Crippen molar-refractivity contribution in [1.29, 1.82) is 0 Å². The molecule has 1 saturated heterocycles. The minimum Gasteiger partial charge on any atom is -0.313 e. The van der Waals surface area contributed by atoms with Crippen molar-refractivity contribution >= 4 is 0 Å². The van der Waals surface area contributed by atoms with Crippen LogP contribution in [0.3, 0.4) is 0 Å². The number of aromatic nitrogens is 3. The Bertz CT molecular complexity index is 388. The third-order valence-electron chi connectivity index (χ3n) is 3.38. The summed E-state index contributed by atoms with van der Waals surface area (Å²) in [5.41, 5.74) is 0. The van der Waals surface area contributed by atoms with Gasteiger partial charge in [0.1, 0.15) is 12.2 Å². The summed E-state index contributed by atoms with van der Waals surface area (Å²) in [5, 5.41) is 7.15. The van der Waals surface area contributed by atoms with Gasteiger partial charge in [0.2, 0.25) is 0 Å². The van der Waals surface area contributed by atoms with E-state index in [0.717, 1.165) is 5.82 Å². The Hall–Kier alpha value is -1.11. The van der Waals surface area contributed by atoms with Crippen molar-refractivity contribution in [3.8, 4) is 0 Å². The fraction of sp³-hybridized carbons (Fsp3) is 0.818. The van der Waals surface area contributed by atoms with Gasteiger partial charge in [-0.2, -0.15) is 18.3 Å². The molecule has 0 aromatic carbocycles. The number of rotatable bonds is 3. The Kier molecular flexibility index (Phi) is 3.89. The molecule has 4 nitrogen and oxygen atoms in total. The normalized spacial score (nSPS) is 25.3. The van der Waals surface area contributed by atoms with Crippen LogP contribution in [0.25, 0.3) is 0 Å². The quantitative estimate of drug-likeness (QED) is 0.902. The Morgan fingerprint density at radius 1 is 1.50 bits per heavy atom. The Morgan fingerprint density at radius 2 is 2.28 bits per heavy atom. The molecule has 1 aromatic rings. The highest BCUT2D eigenvalue weighted by Gasteiger charge is 2.42. The van der Waals surface area contributed by atoms with Crippen LogP contribution in [0.2, 0.25) is 0 Å². The number of alkyl halides is 3. The van der Waals surface area contributed by atoms with Crippen LogP contribution in [0.15, 0.2) is 6.33 Å². The number of hydrogen-bond donors (Lipinski definition) is 1. The van der Waals surface area contributed by atoms with E-state index in [4.69, 9.17) is 0 Å². The second-order valence-electron chi connectivity index (χ2n) is 4.61. The number of nitrogens with zero attached hydrogens (tertiary/aromatic N) is 3. The summed E-state index contributed by atoms with van der Waals surface area (Å²) in [7, 11) is 0. The van der Waals surface area contributed by atoms with Crippen LogP contribution in [0.4, 0.5) is 13.2 Å². The molecule has 2 heterocycles. The maximum atomic E-state index is 12.7. The molecule has 18 heavy (non-hydrogen) atoms. The summed E-state index contributed by atoms with van der Waals surface area (Å²) in [4.78, 5) is 4.10. The molecule has 1 N–H and O–H groups in total. The highest BCUT2D eigenvalue weighted by Crippen LogP contribution is 2.34. The van der Waals surface area contributed by atoms with Crippen LogP contribution >= 0.6 is 0 Å². The van der Waals surface area contributed by atoms with Gasteiger partial charge in [0.25, 0.3) is 0 Å². The lowest BCUT2D eigenvalue weighted by molar-refractivity contribution is -0.183. The first-order chi connectivity index (χ1) is 8.50. The van der Waals surface area contributed by atoms with Gasteiger partial charge in [0.05, 0.1) is 5.92 Å². The number of aryl methyl sites for hydroxylation is 1. The minimum atomic E-state index is -4.08. The van der Waals surface area contributed by atoms with E-state index >= 15 is 0 Å². The molecule has 1 aliphatic rings. The molecule has 0 aliphatic carbocycles. The summed E-state index contributed by atoms with van der Waals surface area (Å²) in [6.07, 6.45) is -1.84. The summed E-state index contributed by atoms with van der Waals surface area (Å²) < 4.78 is 39.8. The van der Waals surface area contributed by atoms with Crippen LogP contribution in [0, 0.1) is 5.92 Å². The average molecular weight is 262 g/mol. The zero-order valence-electron chi connectivity index (χ0n) is 10.2. The third kappa shape index (κ3) is 3.01. The van der Waals surface area contributed by atoms with Gasteiger partial charge >= 0.3 is 6.18 Å². The van der Waals surface area contributed by atoms with Crippen LogP contribution < -0.4 is 5.32 Å². The van der Waals surface area contributed by atoms with Gasteiger partial charge < -0.3 is 5.32 Å². The smallest absolute Gasteiger partial charge is 0.313 e. The number of piperidine rings is 1. The van der Waals surface area contributed by atoms with Crippen molar-refractivity contribution in [2.45, 2.75) is 44.9 Å². The highest BCUT2D eigenvalue weighted by atomic mass is 19.4. The molecular formula is C11H17F3N4. The Morgan fingerprint density at radius 3 is 2.94 bits per heavy atom. The van der Waals surface area contributed by atoms with Crippen LogP contribution in [-0.4, -0.2) is 33.5 Å². The van der Waals surface area contributed by atoms with Gasteiger partial charge in [-0.05, 0) is 26.3 Å². The summed E-state index contributed by atoms with van der Waals surface area (Å²) in [6.45, 7) is 3.03. The Labute approximate surface area is 104 Å². The van der Waals surface area contributed by atoms with Crippen molar-refractivity contribution in [2.24, 2.45) is 5.92 Å². The Balaban J connectivity index is 1.98. The first-order valence-corrected chi connectivity index (χ1v) is 6.17. The lowest BCUT2D eigenvalue weighted by Crippen LogP contribution is -2.44. The van der Waals surface area contributed by atoms with Gasteiger partial charge in [-0.1, -0.05) is 0 Å². The van der Waals surface area contributed by atoms with Crippen molar-refractivity contribution in [3.63, 3.8) is 0 Å². The molecule has 0 spiro atoms. The molecule has 2 atom stereocenters. The fourth-order valence-corrected chi connectivity index (χ4v) is 2.39. The van der Waals surface area contributed by atoms with Gasteiger partial charge in [0.15, 0.2) is 0 Å². The lowest BCUT2D eigenvalue weighted by Gasteiger charge is -2.31. The predicted molar refractivity (Wildman–Crippen MR) is 60.0 cm³/mol. The van der Waals surface area contributed by atoms with Crippen LogP contribution in [0.5, 0.6) is 0 Å². The van der Waals surface area contributed by atoms with E-state index in [0.29, 0.717) is 19.5 Å². The minimum absolute atomic E-state index is 0.125. The van der Waals surface area contributed by atoms with E-state index in [1.54, 1.807) is 4.68 Å². The molecule has 0 amide bonds. The van der Waals surface area contributed by atoms with Crippen molar-refractivity contribution < 1.29 is 13.2 Å².